The van der Waals surface area contributed by atoms with E-state index in [1.807, 2.05) is 0 Å². The first-order valence-corrected chi connectivity index (χ1v) is 4.18. The second-order valence-electron chi connectivity index (χ2n) is 2.25. The predicted molar refractivity (Wildman–Crippen MR) is 41.4 cm³/mol. The van der Waals surface area contributed by atoms with Gasteiger partial charge in [0.2, 0.25) is 0 Å². The summed E-state index contributed by atoms with van der Waals surface area (Å²) < 4.78 is 35.2. The molecule has 0 nitrogen and oxygen atoms in total. The quantitative estimate of drug-likeness (QED) is 0.515. The number of halogens is 4. The minimum Gasteiger partial charge on any atom is -0.171 e. The topological polar surface area (TPSA) is 0 Å². The van der Waals surface area contributed by atoms with E-state index < -0.39 is 18.5 Å². The minimum absolute atomic E-state index is 0.171. The highest BCUT2D eigenvalue weighted by molar-refractivity contribution is 9.09. The molecule has 0 aliphatic carbocycles. The molecule has 0 saturated carbocycles. The first-order valence-electron chi connectivity index (χ1n) is 3.05. The summed E-state index contributed by atoms with van der Waals surface area (Å²) in [6.45, 7) is 0. The van der Waals surface area contributed by atoms with Crippen molar-refractivity contribution in [3.63, 3.8) is 0 Å². The summed E-state index contributed by atoms with van der Waals surface area (Å²) >= 11 is 2.97. The lowest BCUT2D eigenvalue weighted by atomic mass is 10.0. The minimum atomic E-state index is -4.10. The van der Waals surface area contributed by atoms with Crippen molar-refractivity contribution in [2.75, 3.05) is 5.33 Å². The lowest BCUT2D eigenvalue weighted by molar-refractivity contribution is -0.142. The summed E-state index contributed by atoms with van der Waals surface area (Å²) in [6.07, 6.45) is 0.152. The van der Waals surface area contributed by atoms with Gasteiger partial charge >= 0.3 is 6.18 Å². The molecule has 0 aliphatic rings. The maximum Gasteiger partial charge on any atom is 0.389 e. The van der Waals surface area contributed by atoms with Crippen LogP contribution < -0.4 is 0 Å². The van der Waals surface area contributed by atoms with Crippen LogP contribution in [0.25, 0.3) is 0 Å². The van der Waals surface area contributed by atoms with Crippen LogP contribution in [-0.4, -0.2) is 11.5 Å². The van der Waals surface area contributed by atoms with E-state index in [9.17, 15) is 13.2 Å². The summed E-state index contributed by atoms with van der Waals surface area (Å²) in [5.74, 6) is 1.73. The molecule has 11 heavy (non-hydrogen) atoms. The molecule has 0 aromatic carbocycles. The van der Waals surface area contributed by atoms with Crippen LogP contribution >= 0.6 is 15.9 Å². The number of hydrogen-bond acceptors (Lipinski definition) is 0. The van der Waals surface area contributed by atoms with Crippen LogP contribution in [0.15, 0.2) is 0 Å². The van der Waals surface area contributed by atoms with Crippen LogP contribution in [-0.2, 0) is 0 Å². The fourth-order valence-corrected chi connectivity index (χ4v) is 1.13. The second kappa shape index (κ2) is 4.66. The van der Waals surface area contributed by atoms with Crippen LogP contribution in [0, 0.1) is 18.3 Å². The van der Waals surface area contributed by atoms with Gasteiger partial charge in [-0.1, -0.05) is 15.9 Å². The Kier molecular flexibility index (Phi) is 4.58. The van der Waals surface area contributed by atoms with Gasteiger partial charge in [0, 0.05) is 18.2 Å². The predicted octanol–water partition coefficient (Wildman–Crippen LogP) is 2.97. The molecule has 0 spiro atoms. The van der Waals surface area contributed by atoms with Gasteiger partial charge < -0.3 is 0 Å². The Morgan fingerprint density at radius 3 is 2.27 bits per heavy atom. The Labute approximate surface area is 72.3 Å². The van der Waals surface area contributed by atoms with E-state index >= 15 is 0 Å². The monoisotopic (exact) mass is 228 g/mol. The first kappa shape index (κ1) is 10.8. The standard InChI is InChI=1S/C7H8BrF3/c1-2-3-6(5-8)4-7(9,10)11/h1,6H,3-5H2. The van der Waals surface area contributed by atoms with E-state index in [4.69, 9.17) is 6.42 Å². The van der Waals surface area contributed by atoms with Crippen molar-refractivity contribution in [1.82, 2.24) is 0 Å². The largest absolute Gasteiger partial charge is 0.389 e. The molecule has 0 fully saturated rings. The molecule has 0 aliphatic heterocycles. The Hall–Kier alpha value is -0.170. The van der Waals surface area contributed by atoms with Crippen molar-refractivity contribution in [3.05, 3.63) is 0 Å². The van der Waals surface area contributed by atoms with Crippen LogP contribution in [0.1, 0.15) is 12.8 Å². The van der Waals surface area contributed by atoms with E-state index in [-0.39, 0.29) is 6.42 Å². The van der Waals surface area contributed by atoms with E-state index in [1.54, 1.807) is 0 Å². The third-order valence-electron chi connectivity index (χ3n) is 1.14. The fourth-order valence-electron chi connectivity index (χ4n) is 0.675. The number of terminal acetylenes is 1. The summed E-state index contributed by atoms with van der Waals surface area (Å²) in [7, 11) is 0. The SMILES string of the molecule is C#CCC(CBr)CC(F)(F)F. The fraction of sp³-hybridized carbons (Fsp3) is 0.714. The van der Waals surface area contributed by atoms with Crippen molar-refractivity contribution >= 4 is 15.9 Å². The van der Waals surface area contributed by atoms with Crippen LogP contribution in [0.4, 0.5) is 13.2 Å². The Morgan fingerprint density at radius 2 is 2.00 bits per heavy atom. The van der Waals surface area contributed by atoms with Crippen LogP contribution in [0.2, 0.25) is 0 Å². The molecule has 0 bridgehead atoms. The molecule has 64 valence electrons. The highest BCUT2D eigenvalue weighted by Crippen LogP contribution is 2.27. The number of hydrogen-bond donors (Lipinski definition) is 0. The molecule has 0 radical (unpaired) electrons. The van der Waals surface area contributed by atoms with Gasteiger partial charge in [-0.05, 0) is 5.92 Å². The van der Waals surface area contributed by atoms with Crippen LogP contribution in [0.3, 0.4) is 0 Å². The smallest absolute Gasteiger partial charge is 0.171 e. The van der Waals surface area contributed by atoms with Gasteiger partial charge in [-0.2, -0.15) is 13.2 Å². The van der Waals surface area contributed by atoms with E-state index in [0.29, 0.717) is 5.33 Å². The van der Waals surface area contributed by atoms with Gasteiger partial charge in [0.25, 0.3) is 0 Å². The van der Waals surface area contributed by atoms with Crippen molar-refractivity contribution in [2.24, 2.45) is 5.92 Å². The average Bonchev–Trinajstić information content (AvgIpc) is 1.84. The maximum absolute atomic E-state index is 11.7. The molecule has 4 heteroatoms. The summed E-state index contributed by atoms with van der Waals surface area (Å²) in [4.78, 5) is 0. The average molecular weight is 229 g/mol. The Morgan fingerprint density at radius 1 is 1.45 bits per heavy atom. The normalized spacial score (nSPS) is 14.1. The number of alkyl halides is 4. The second-order valence-corrected chi connectivity index (χ2v) is 2.90. The van der Waals surface area contributed by atoms with E-state index in [0.717, 1.165) is 0 Å². The maximum atomic E-state index is 11.7. The Balaban J connectivity index is 3.80. The van der Waals surface area contributed by atoms with Gasteiger partial charge in [0.15, 0.2) is 0 Å². The van der Waals surface area contributed by atoms with Gasteiger partial charge in [0.05, 0.1) is 0 Å². The molecular formula is C7H8BrF3. The highest BCUT2D eigenvalue weighted by atomic mass is 79.9. The zero-order chi connectivity index (χ0) is 8.91. The molecule has 0 saturated heterocycles. The summed E-state index contributed by atoms with van der Waals surface area (Å²) in [5.41, 5.74) is 0. The van der Waals surface area contributed by atoms with Gasteiger partial charge in [-0.15, -0.1) is 12.3 Å². The van der Waals surface area contributed by atoms with E-state index in [2.05, 4.69) is 21.9 Å². The van der Waals surface area contributed by atoms with Crippen molar-refractivity contribution < 1.29 is 13.2 Å². The highest BCUT2D eigenvalue weighted by Gasteiger charge is 2.30. The third-order valence-corrected chi connectivity index (χ3v) is 2.06. The van der Waals surface area contributed by atoms with Crippen LogP contribution in [0.5, 0.6) is 0 Å². The van der Waals surface area contributed by atoms with Crippen molar-refractivity contribution in [3.8, 4) is 12.3 Å². The molecule has 0 heterocycles. The number of rotatable bonds is 3. The lowest BCUT2D eigenvalue weighted by Crippen LogP contribution is -2.15. The zero-order valence-electron chi connectivity index (χ0n) is 5.79. The zero-order valence-corrected chi connectivity index (χ0v) is 7.37. The molecule has 1 unspecified atom stereocenters. The van der Waals surface area contributed by atoms with E-state index in [1.165, 1.54) is 0 Å². The van der Waals surface area contributed by atoms with Gasteiger partial charge in [0.1, 0.15) is 0 Å². The first-order chi connectivity index (χ1) is 4.99. The molecule has 1 atom stereocenters. The van der Waals surface area contributed by atoms with Crippen molar-refractivity contribution in [2.45, 2.75) is 19.0 Å². The molecular weight excluding hydrogens is 221 g/mol. The lowest BCUT2D eigenvalue weighted by Gasteiger charge is -2.12. The molecule has 0 aromatic heterocycles. The van der Waals surface area contributed by atoms with Crippen molar-refractivity contribution in [1.29, 1.82) is 0 Å². The summed E-state index contributed by atoms with van der Waals surface area (Å²) in [6, 6.07) is 0. The Bertz CT molecular complexity index is 145. The molecule has 0 rings (SSSR count). The molecule has 0 aromatic rings. The molecule has 0 amide bonds. The third kappa shape index (κ3) is 6.24. The van der Waals surface area contributed by atoms with Gasteiger partial charge in [-0.3, -0.25) is 0 Å². The summed E-state index contributed by atoms with van der Waals surface area (Å²) in [5, 5.41) is 0.302. The molecule has 0 N–H and O–H groups in total. The van der Waals surface area contributed by atoms with Gasteiger partial charge in [-0.25, -0.2) is 0 Å².